The average molecular weight is 459 g/mol. The van der Waals surface area contributed by atoms with Crippen LogP contribution in [0, 0.1) is 5.82 Å². The fourth-order valence-corrected chi connectivity index (χ4v) is 4.39. The summed E-state index contributed by atoms with van der Waals surface area (Å²) >= 11 is 0. The molecule has 5 heteroatoms. The Morgan fingerprint density at radius 3 is 2.15 bits per heavy atom. The molecule has 1 fully saturated rings. The Morgan fingerprint density at radius 2 is 1.50 bits per heavy atom. The van der Waals surface area contributed by atoms with Gasteiger partial charge in [0.1, 0.15) is 17.3 Å². The van der Waals surface area contributed by atoms with Crippen molar-refractivity contribution in [3.63, 3.8) is 0 Å². The van der Waals surface area contributed by atoms with Crippen molar-refractivity contribution >= 4 is 11.5 Å². The summed E-state index contributed by atoms with van der Waals surface area (Å²) in [6.45, 7) is 7.22. The largest absolute Gasteiger partial charge is 0.457 e. The predicted octanol–water partition coefficient (Wildman–Crippen LogP) is 6.29. The highest BCUT2D eigenvalue weighted by atomic mass is 19.1. The molecular formula is C29H31FN2O2. The van der Waals surface area contributed by atoms with Gasteiger partial charge in [-0.05, 0) is 93.4 Å². The molecule has 0 spiro atoms. The molecule has 0 aliphatic carbocycles. The lowest BCUT2D eigenvalue weighted by Crippen LogP contribution is -2.30. The third-order valence-electron chi connectivity index (χ3n) is 6.23. The molecule has 0 saturated carbocycles. The van der Waals surface area contributed by atoms with E-state index in [-0.39, 0.29) is 11.7 Å². The minimum atomic E-state index is -0.294. The number of para-hydroxylation sites is 1. The van der Waals surface area contributed by atoms with Crippen LogP contribution in [0.3, 0.4) is 0 Å². The second kappa shape index (κ2) is 11.1. The van der Waals surface area contributed by atoms with Crippen molar-refractivity contribution in [2.75, 3.05) is 26.2 Å². The van der Waals surface area contributed by atoms with Gasteiger partial charge in [-0.3, -0.25) is 4.79 Å². The Bertz CT molecular complexity index is 1140. The van der Waals surface area contributed by atoms with Crippen molar-refractivity contribution in [3.05, 3.63) is 101 Å². The number of halogens is 1. The van der Waals surface area contributed by atoms with Gasteiger partial charge in [0.05, 0.1) is 0 Å². The molecule has 0 unspecified atom stereocenters. The average Bonchev–Trinajstić information content (AvgIpc) is 2.88. The minimum absolute atomic E-state index is 0.0488. The minimum Gasteiger partial charge on any atom is -0.457 e. The van der Waals surface area contributed by atoms with Gasteiger partial charge in [0, 0.05) is 24.2 Å². The number of rotatable bonds is 7. The maximum absolute atomic E-state index is 13.4. The SMILES string of the molecule is CCN(CC)C(=O)c1ccc(C(=C2CCNCC2)c2ccccc2Oc2ccc(F)cc2)cc1. The van der Waals surface area contributed by atoms with Crippen LogP contribution in [0.4, 0.5) is 4.39 Å². The van der Waals surface area contributed by atoms with Gasteiger partial charge in [-0.1, -0.05) is 35.9 Å². The summed E-state index contributed by atoms with van der Waals surface area (Å²) in [7, 11) is 0. The van der Waals surface area contributed by atoms with Gasteiger partial charge in [-0.2, -0.15) is 0 Å². The van der Waals surface area contributed by atoms with E-state index in [1.54, 1.807) is 12.1 Å². The first-order valence-corrected chi connectivity index (χ1v) is 12.0. The van der Waals surface area contributed by atoms with Crippen molar-refractivity contribution in [2.45, 2.75) is 26.7 Å². The monoisotopic (exact) mass is 458 g/mol. The number of piperidine rings is 1. The number of hydrogen-bond acceptors (Lipinski definition) is 3. The van der Waals surface area contributed by atoms with Crippen LogP contribution in [0.2, 0.25) is 0 Å². The van der Waals surface area contributed by atoms with E-state index in [9.17, 15) is 9.18 Å². The van der Waals surface area contributed by atoms with Crippen LogP contribution < -0.4 is 10.1 Å². The van der Waals surface area contributed by atoms with E-state index in [1.807, 2.05) is 61.2 Å². The quantitative estimate of drug-likeness (QED) is 0.453. The number of nitrogens with one attached hydrogen (secondary N) is 1. The lowest BCUT2D eigenvalue weighted by molar-refractivity contribution is 0.0773. The van der Waals surface area contributed by atoms with E-state index >= 15 is 0 Å². The smallest absolute Gasteiger partial charge is 0.253 e. The van der Waals surface area contributed by atoms with E-state index in [0.717, 1.165) is 48.4 Å². The fourth-order valence-electron chi connectivity index (χ4n) is 4.39. The van der Waals surface area contributed by atoms with Gasteiger partial charge in [-0.25, -0.2) is 4.39 Å². The van der Waals surface area contributed by atoms with Crippen LogP contribution in [0.25, 0.3) is 5.57 Å². The normalized spacial score (nSPS) is 13.4. The molecule has 1 aliphatic rings. The van der Waals surface area contributed by atoms with E-state index in [0.29, 0.717) is 24.4 Å². The van der Waals surface area contributed by atoms with Crippen LogP contribution in [-0.4, -0.2) is 37.0 Å². The molecular weight excluding hydrogens is 427 g/mol. The lowest BCUT2D eigenvalue weighted by Gasteiger charge is -2.23. The number of ether oxygens (including phenoxy) is 1. The molecule has 0 aromatic heterocycles. The van der Waals surface area contributed by atoms with Crippen LogP contribution in [0.15, 0.2) is 78.4 Å². The summed E-state index contributed by atoms with van der Waals surface area (Å²) in [5, 5.41) is 3.43. The number of amides is 1. The fraction of sp³-hybridized carbons (Fsp3) is 0.276. The molecule has 4 nitrogen and oxygen atoms in total. The molecule has 3 aromatic rings. The summed E-state index contributed by atoms with van der Waals surface area (Å²) in [6, 6.07) is 21.9. The topological polar surface area (TPSA) is 41.6 Å². The zero-order valence-electron chi connectivity index (χ0n) is 19.8. The molecule has 1 heterocycles. The first-order valence-electron chi connectivity index (χ1n) is 12.0. The number of nitrogens with zero attached hydrogens (tertiary/aromatic N) is 1. The molecule has 1 N–H and O–H groups in total. The first kappa shape index (κ1) is 23.7. The molecule has 34 heavy (non-hydrogen) atoms. The molecule has 1 amide bonds. The van der Waals surface area contributed by atoms with Gasteiger partial charge in [0.2, 0.25) is 0 Å². The van der Waals surface area contributed by atoms with E-state index in [4.69, 9.17) is 4.74 Å². The summed E-state index contributed by atoms with van der Waals surface area (Å²) in [6.07, 6.45) is 1.89. The van der Waals surface area contributed by atoms with Crippen molar-refractivity contribution in [3.8, 4) is 11.5 Å². The Balaban J connectivity index is 1.74. The van der Waals surface area contributed by atoms with Gasteiger partial charge in [-0.15, -0.1) is 0 Å². The zero-order chi connectivity index (χ0) is 23.9. The highest BCUT2D eigenvalue weighted by molar-refractivity contribution is 5.95. The molecule has 0 atom stereocenters. The molecule has 0 bridgehead atoms. The highest BCUT2D eigenvalue weighted by Crippen LogP contribution is 2.38. The molecule has 4 rings (SSSR count). The van der Waals surface area contributed by atoms with E-state index in [2.05, 4.69) is 11.4 Å². The third-order valence-corrected chi connectivity index (χ3v) is 6.23. The van der Waals surface area contributed by atoms with E-state index < -0.39 is 0 Å². The summed E-state index contributed by atoms with van der Waals surface area (Å²) in [5.74, 6) is 1.06. The summed E-state index contributed by atoms with van der Waals surface area (Å²) in [5.41, 5.74) is 5.24. The number of benzene rings is 3. The standard InChI is InChI=1S/C29H31FN2O2/c1-3-32(4-2)29(33)23-11-9-21(10-12-23)28(22-17-19-31-20-18-22)26-7-5-6-8-27(26)34-25-15-13-24(30)14-16-25/h5-16,31H,3-4,17-20H2,1-2H3. The molecule has 1 saturated heterocycles. The van der Waals surface area contributed by atoms with Gasteiger partial charge >= 0.3 is 0 Å². The van der Waals surface area contributed by atoms with Crippen molar-refractivity contribution < 1.29 is 13.9 Å². The number of carbonyl (C=O) groups excluding carboxylic acids is 1. The van der Waals surface area contributed by atoms with E-state index in [1.165, 1.54) is 17.7 Å². The van der Waals surface area contributed by atoms with Crippen molar-refractivity contribution in [1.29, 1.82) is 0 Å². The van der Waals surface area contributed by atoms with Crippen LogP contribution in [-0.2, 0) is 0 Å². The maximum Gasteiger partial charge on any atom is 0.253 e. The second-order valence-electron chi connectivity index (χ2n) is 8.34. The van der Waals surface area contributed by atoms with Gasteiger partial charge in [0.25, 0.3) is 5.91 Å². The van der Waals surface area contributed by atoms with Crippen molar-refractivity contribution in [1.82, 2.24) is 10.2 Å². The Kier molecular flexibility index (Phi) is 7.76. The van der Waals surface area contributed by atoms with Crippen LogP contribution >= 0.6 is 0 Å². The van der Waals surface area contributed by atoms with Gasteiger partial charge < -0.3 is 15.0 Å². The Hall–Kier alpha value is -3.44. The number of carbonyl (C=O) groups is 1. The summed E-state index contributed by atoms with van der Waals surface area (Å²) < 4.78 is 19.6. The molecule has 0 radical (unpaired) electrons. The Morgan fingerprint density at radius 1 is 0.882 bits per heavy atom. The highest BCUT2D eigenvalue weighted by Gasteiger charge is 2.19. The maximum atomic E-state index is 13.4. The second-order valence-corrected chi connectivity index (χ2v) is 8.34. The Labute approximate surface area is 201 Å². The van der Waals surface area contributed by atoms with Crippen LogP contribution in [0.1, 0.15) is 48.2 Å². The van der Waals surface area contributed by atoms with Crippen LogP contribution in [0.5, 0.6) is 11.5 Å². The molecule has 3 aromatic carbocycles. The zero-order valence-corrected chi connectivity index (χ0v) is 19.8. The van der Waals surface area contributed by atoms with Crippen molar-refractivity contribution in [2.24, 2.45) is 0 Å². The molecule has 1 aliphatic heterocycles. The number of hydrogen-bond donors (Lipinski definition) is 1. The predicted molar refractivity (Wildman–Crippen MR) is 135 cm³/mol. The summed E-state index contributed by atoms with van der Waals surface area (Å²) in [4.78, 5) is 14.6. The lowest BCUT2D eigenvalue weighted by atomic mass is 9.88. The third kappa shape index (κ3) is 5.37. The first-order chi connectivity index (χ1) is 16.6. The molecule has 176 valence electrons. The van der Waals surface area contributed by atoms with Gasteiger partial charge in [0.15, 0.2) is 0 Å².